The number of thioether (sulfide) groups is 4. The number of rotatable bonds is 16. The van der Waals surface area contributed by atoms with Gasteiger partial charge >= 0.3 is 11.9 Å². The third kappa shape index (κ3) is 16.0. The lowest BCUT2D eigenvalue weighted by Crippen LogP contribution is -2.08. The Morgan fingerprint density at radius 3 is 1.50 bits per heavy atom. The summed E-state index contributed by atoms with van der Waals surface area (Å²) in [7, 11) is 0. The van der Waals surface area contributed by atoms with E-state index >= 15 is 0 Å². The van der Waals surface area contributed by atoms with Crippen molar-refractivity contribution in [3.63, 3.8) is 0 Å². The Morgan fingerprint density at radius 1 is 0.769 bits per heavy atom. The van der Waals surface area contributed by atoms with Gasteiger partial charge in [0.05, 0.1) is 0 Å². The summed E-state index contributed by atoms with van der Waals surface area (Å²) in [6, 6.07) is 0. The number of hydrogen-bond donors (Lipinski definition) is 0. The highest BCUT2D eigenvalue weighted by molar-refractivity contribution is 8.17. The van der Waals surface area contributed by atoms with Gasteiger partial charge in [-0.05, 0) is 20.8 Å². The molecule has 0 bridgehead atoms. The van der Waals surface area contributed by atoms with Crippen LogP contribution in [0, 0.1) is 0 Å². The summed E-state index contributed by atoms with van der Waals surface area (Å²) in [4.78, 5) is 22.4. The smallest absolute Gasteiger partial charge is 0.333 e. The Kier molecular flexibility index (Phi) is 16.8. The van der Waals surface area contributed by atoms with E-state index in [1.807, 2.05) is 23.5 Å². The minimum Gasteiger partial charge on any atom is -0.461 e. The van der Waals surface area contributed by atoms with Crippen molar-refractivity contribution < 1.29 is 19.1 Å². The lowest BCUT2D eigenvalue weighted by molar-refractivity contribution is -0.139. The van der Waals surface area contributed by atoms with E-state index in [1.165, 1.54) is 0 Å². The standard InChI is InChI=1S/C18H30O4S4/c1-14(2)17(19)21-6-8-23-10-12-25-16(5)26-13-11-24-9-7-22-18(20)15(3)4/h16H,1,3,6-13H2,2,4-5H3. The lowest BCUT2D eigenvalue weighted by atomic mass is 10.4. The molecule has 0 saturated carbocycles. The summed E-state index contributed by atoms with van der Waals surface area (Å²) in [5.41, 5.74) is 0.893. The quantitative estimate of drug-likeness (QED) is 0.151. The molecule has 0 unspecified atom stereocenters. The van der Waals surface area contributed by atoms with Crippen LogP contribution in [-0.2, 0) is 19.1 Å². The first-order valence-electron chi connectivity index (χ1n) is 8.38. The first-order chi connectivity index (χ1) is 12.3. The maximum absolute atomic E-state index is 11.2. The van der Waals surface area contributed by atoms with E-state index < -0.39 is 0 Å². The molecule has 0 heterocycles. The predicted octanol–water partition coefficient (Wildman–Crippen LogP) is 4.50. The van der Waals surface area contributed by atoms with Gasteiger partial charge in [0.1, 0.15) is 13.2 Å². The molecule has 0 saturated heterocycles. The molecule has 0 atom stereocenters. The average Bonchev–Trinajstić information content (AvgIpc) is 2.59. The van der Waals surface area contributed by atoms with Gasteiger partial charge in [0.25, 0.3) is 0 Å². The number of carbonyl (C=O) groups excluding carboxylic acids is 2. The highest BCUT2D eigenvalue weighted by Crippen LogP contribution is 2.24. The van der Waals surface area contributed by atoms with Crippen molar-refractivity contribution in [3.8, 4) is 0 Å². The normalized spacial score (nSPS) is 10.6. The number of hydrogen-bond acceptors (Lipinski definition) is 8. The molecule has 0 aromatic heterocycles. The summed E-state index contributed by atoms with van der Waals surface area (Å²) in [5.74, 6) is 5.34. The monoisotopic (exact) mass is 438 g/mol. The Morgan fingerprint density at radius 2 is 1.15 bits per heavy atom. The van der Waals surface area contributed by atoms with Gasteiger partial charge in [0.2, 0.25) is 0 Å². The van der Waals surface area contributed by atoms with Gasteiger partial charge in [0.15, 0.2) is 0 Å². The third-order valence-electron chi connectivity index (χ3n) is 2.78. The zero-order chi connectivity index (χ0) is 19.8. The molecule has 0 fully saturated rings. The van der Waals surface area contributed by atoms with Crippen LogP contribution in [0.15, 0.2) is 24.3 Å². The van der Waals surface area contributed by atoms with Crippen LogP contribution in [0.1, 0.15) is 20.8 Å². The van der Waals surface area contributed by atoms with Crippen molar-refractivity contribution in [2.45, 2.75) is 25.4 Å². The molecule has 8 heteroatoms. The van der Waals surface area contributed by atoms with Gasteiger partial charge in [-0.1, -0.05) is 13.2 Å². The van der Waals surface area contributed by atoms with Gasteiger partial charge in [0, 0.05) is 50.2 Å². The Bertz CT molecular complexity index is 414. The van der Waals surface area contributed by atoms with Gasteiger partial charge in [-0.2, -0.15) is 23.5 Å². The zero-order valence-corrected chi connectivity index (χ0v) is 19.2. The fraction of sp³-hybridized carbons (Fsp3) is 0.667. The van der Waals surface area contributed by atoms with E-state index in [2.05, 4.69) is 20.1 Å². The van der Waals surface area contributed by atoms with Crippen LogP contribution in [0.25, 0.3) is 0 Å². The van der Waals surface area contributed by atoms with Crippen molar-refractivity contribution in [1.82, 2.24) is 0 Å². The first-order valence-corrected chi connectivity index (χ1v) is 12.8. The number of ether oxygens (including phenoxy) is 2. The Labute approximate surface area is 175 Å². The van der Waals surface area contributed by atoms with Crippen LogP contribution in [0.3, 0.4) is 0 Å². The second-order valence-corrected chi connectivity index (χ2v) is 11.0. The molecule has 0 aliphatic heterocycles. The van der Waals surface area contributed by atoms with Crippen LogP contribution in [-0.4, -0.2) is 64.3 Å². The molecule has 0 aliphatic rings. The van der Waals surface area contributed by atoms with Crippen molar-refractivity contribution in [1.29, 1.82) is 0 Å². The molecule has 0 spiro atoms. The molecule has 0 N–H and O–H groups in total. The summed E-state index contributed by atoms with van der Waals surface area (Å²) < 4.78 is 10.7. The van der Waals surface area contributed by atoms with Crippen molar-refractivity contribution in [2.24, 2.45) is 0 Å². The average molecular weight is 439 g/mol. The van der Waals surface area contributed by atoms with E-state index in [9.17, 15) is 9.59 Å². The van der Waals surface area contributed by atoms with Crippen molar-refractivity contribution >= 4 is 59.0 Å². The molecule has 0 amide bonds. The van der Waals surface area contributed by atoms with E-state index in [0.717, 1.165) is 34.5 Å². The van der Waals surface area contributed by atoms with Crippen molar-refractivity contribution in [3.05, 3.63) is 24.3 Å². The van der Waals surface area contributed by atoms with Crippen LogP contribution >= 0.6 is 47.0 Å². The maximum Gasteiger partial charge on any atom is 0.333 e. The minimum atomic E-state index is -0.308. The SMILES string of the molecule is C=C(C)C(=O)OCCSCCSC(C)SCCSCCOC(=O)C(=C)C. The molecule has 150 valence electrons. The van der Waals surface area contributed by atoms with Gasteiger partial charge in [-0.25, -0.2) is 9.59 Å². The second-order valence-electron chi connectivity index (χ2n) is 5.37. The van der Waals surface area contributed by atoms with Gasteiger partial charge in [-0.15, -0.1) is 23.5 Å². The summed E-state index contributed by atoms with van der Waals surface area (Å²) in [6.07, 6.45) is 0. The van der Waals surface area contributed by atoms with Crippen molar-refractivity contribution in [2.75, 3.05) is 47.7 Å². The van der Waals surface area contributed by atoms with Gasteiger partial charge < -0.3 is 9.47 Å². The van der Waals surface area contributed by atoms with Crippen LogP contribution < -0.4 is 0 Å². The fourth-order valence-corrected chi connectivity index (χ4v) is 5.58. The summed E-state index contributed by atoms with van der Waals surface area (Å²) >= 11 is 7.51. The molecule has 0 aromatic carbocycles. The Balaban J connectivity index is 3.36. The minimum absolute atomic E-state index is 0.308. The third-order valence-corrected chi connectivity index (χ3v) is 7.83. The lowest BCUT2D eigenvalue weighted by Gasteiger charge is -2.11. The highest BCUT2D eigenvalue weighted by Gasteiger charge is 2.05. The van der Waals surface area contributed by atoms with Crippen LogP contribution in [0.5, 0.6) is 0 Å². The fourth-order valence-electron chi connectivity index (χ4n) is 1.43. The largest absolute Gasteiger partial charge is 0.461 e. The second kappa shape index (κ2) is 17.0. The zero-order valence-electron chi connectivity index (χ0n) is 15.9. The Hall–Kier alpha value is -0.180. The van der Waals surface area contributed by atoms with E-state index in [4.69, 9.17) is 9.47 Å². The molecular formula is C18H30O4S4. The molecule has 0 aromatic rings. The van der Waals surface area contributed by atoms with E-state index in [0.29, 0.717) is 28.9 Å². The van der Waals surface area contributed by atoms with E-state index in [-0.39, 0.29) is 11.9 Å². The molecular weight excluding hydrogens is 408 g/mol. The molecule has 4 nitrogen and oxygen atoms in total. The predicted molar refractivity (Wildman–Crippen MR) is 121 cm³/mol. The molecule has 0 aliphatic carbocycles. The van der Waals surface area contributed by atoms with E-state index in [1.54, 1.807) is 37.4 Å². The number of carbonyl (C=O) groups is 2. The number of esters is 2. The van der Waals surface area contributed by atoms with Crippen LogP contribution in [0.2, 0.25) is 0 Å². The molecule has 0 rings (SSSR count). The molecule has 0 radical (unpaired) electrons. The topological polar surface area (TPSA) is 52.6 Å². The summed E-state index contributed by atoms with van der Waals surface area (Å²) in [5, 5.41) is 0. The summed E-state index contributed by atoms with van der Waals surface area (Å²) in [6.45, 7) is 13.5. The maximum atomic E-state index is 11.2. The molecule has 26 heavy (non-hydrogen) atoms. The first kappa shape index (κ1) is 25.8. The van der Waals surface area contributed by atoms with Gasteiger partial charge in [-0.3, -0.25) is 0 Å². The highest BCUT2D eigenvalue weighted by atomic mass is 32.2. The van der Waals surface area contributed by atoms with Crippen LogP contribution in [0.4, 0.5) is 0 Å².